The number of pyridine rings is 1. The van der Waals surface area contributed by atoms with Gasteiger partial charge in [0, 0.05) is 10.2 Å². The fourth-order valence-corrected chi connectivity index (χ4v) is 2.00. The molecule has 0 atom stereocenters. The van der Waals surface area contributed by atoms with Crippen LogP contribution in [0.15, 0.2) is 10.5 Å². The predicted octanol–water partition coefficient (Wildman–Crippen LogP) is 2.99. The van der Waals surface area contributed by atoms with Gasteiger partial charge in [-0.05, 0) is 47.8 Å². The first-order valence-corrected chi connectivity index (χ1v) is 6.57. The first-order chi connectivity index (χ1) is 8.45. The molecule has 1 aromatic rings. The molecule has 4 nitrogen and oxygen atoms in total. The van der Waals surface area contributed by atoms with Crippen LogP contribution in [-0.2, 0) is 9.53 Å². The predicted molar refractivity (Wildman–Crippen MR) is 71.6 cm³/mol. The average Bonchev–Trinajstić information content (AvgIpc) is 2.31. The van der Waals surface area contributed by atoms with Crippen LogP contribution in [-0.4, -0.2) is 23.3 Å². The number of esters is 1. The van der Waals surface area contributed by atoms with Gasteiger partial charge in [0.05, 0.1) is 6.61 Å². The number of hydrogen-bond acceptors (Lipinski definition) is 4. The zero-order valence-corrected chi connectivity index (χ0v) is 12.3. The summed E-state index contributed by atoms with van der Waals surface area (Å²) in [5.41, 5.74) is 2.06. The third kappa shape index (κ3) is 3.91. The van der Waals surface area contributed by atoms with Crippen LogP contribution in [0.2, 0.25) is 0 Å². The molecule has 1 heterocycles. The smallest absolute Gasteiger partial charge is 0.313 e. The van der Waals surface area contributed by atoms with E-state index in [1.807, 2.05) is 26.8 Å². The number of aryl methyl sites for hydroxylation is 2. The second kappa shape index (κ2) is 6.64. The summed E-state index contributed by atoms with van der Waals surface area (Å²) >= 11 is 3.29. The van der Waals surface area contributed by atoms with E-state index in [0.717, 1.165) is 17.7 Å². The van der Waals surface area contributed by atoms with Crippen molar-refractivity contribution in [2.75, 3.05) is 6.61 Å². The Hall–Kier alpha value is -1.23. The lowest BCUT2D eigenvalue weighted by Gasteiger charge is -2.07. The van der Waals surface area contributed by atoms with E-state index < -0.39 is 5.97 Å². The molecule has 0 saturated heterocycles. The standard InChI is InChI=1S/C13H16BrNO3/c1-4-5-18-12(17)7-11(16)13-10(14)6-8(2)9(3)15-13/h6H,4-5,7H2,1-3H3. The summed E-state index contributed by atoms with van der Waals surface area (Å²) in [6, 6.07) is 1.83. The topological polar surface area (TPSA) is 56.3 Å². The van der Waals surface area contributed by atoms with E-state index in [4.69, 9.17) is 4.74 Å². The molecule has 0 unspecified atom stereocenters. The van der Waals surface area contributed by atoms with E-state index in [9.17, 15) is 9.59 Å². The highest BCUT2D eigenvalue weighted by Crippen LogP contribution is 2.19. The summed E-state index contributed by atoms with van der Waals surface area (Å²) in [6.45, 7) is 5.98. The van der Waals surface area contributed by atoms with Gasteiger partial charge in [-0.15, -0.1) is 0 Å². The molecule has 1 aromatic heterocycles. The Kier molecular flexibility index (Phi) is 5.47. The van der Waals surface area contributed by atoms with Crippen molar-refractivity contribution in [2.24, 2.45) is 0 Å². The number of hydrogen-bond donors (Lipinski definition) is 0. The van der Waals surface area contributed by atoms with Gasteiger partial charge < -0.3 is 4.74 Å². The quantitative estimate of drug-likeness (QED) is 0.476. The van der Waals surface area contributed by atoms with Gasteiger partial charge in [0.15, 0.2) is 5.78 Å². The zero-order valence-electron chi connectivity index (χ0n) is 10.7. The summed E-state index contributed by atoms with van der Waals surface area (Å²) in [7, 11) is 0. The maximum atomic E-state index is 11.9. The molecule has 0 N–H and O–H groups in total. The first kappa shape index (κ1) is 14.8. The minimum atomic E-state index is -0.506. The Labute approximate surface area is 115 Å². The van der Waals surface area contributed by atoms with Crippen molar-refractivity contribution in [3.63, 3.8) is 0 Å². The number of carbonyl (C=O) groups excluding carboxylic acids is 2. The maximum Gasteiger partial charge on any atom is 0.313 e. The Morgan fingerprint density at radius 2 is 2.06 bits per heavy atom. The van der Waals surface area contributed by atoms with Gasteiger partial charge in [0.2, 0.25) is 0 Å². The molecular weight excluding hydrogens is 298 g/mol. The molecule has 0 aliphatic rings. The SMILES string of the molecule is CCCOC(=O)CC(=O)c1nc(C)c(C)cc1Br. The van der Waals surface area contributed by atoms with Gasteiger partial charge in [0.1, 0.15) is 12.1 Å². The number of Topliss-reactive ketones (excluding diaryl/α,β-unsaturated/α-hetero) is 1. The first-order valence-electron chi connectivity index (χ1n) is 5.78. The summed E-state index contributed by atoms with van der Waals surface area (Å²) in [4.78, 5) is 27.5. The van der Waals surface area contributed by atoms with Crippen LogP contribution in [0.3, 0.4) is 0 Å². The molecule has 0 aliphatic carbocycles. The molecule has 98 valence electrons. The van der Waals surface area contributed by atoms with Crippen LogP contribution >= 0.6 is 15.9 Å². The van der Waals surface area contributed by atoms with Crippen LogP contribution in [0, 0.1) is 13.8 Å². The van der Waals surface area contributed by atoms with Crippen LogP contribution in [0.4, 0.5) is 0 Å². The monoisotopic (exact) mass is 313 g/mol. The molecule has 0 aliphatic heterocycles. The number of rotatable bonds is 5. The van der Waals surface area contributed by atoms with E-state index in [0.29, 0.717) is 11.1 Å². The second-order valence-corrected chi connectivity index (χ2v) is 4.90. The largest absolute Gasteiger partial charge is 0.465 e. The molecule has 0 amide bonds. The minimum absolute atomic E-state index is 0.270. The minimum Gasteiger partial charge on any atom is -0.465 e. The third-order valence-electron chi connectivity index (χ3n) is 2.46. The van der Waals surface area contributed by atoms with Gasteiger partial charge in [0.25, 0.3) is 0 Å². The molecule has 0 aromatic carbocycles. The fraction of sp³-hybridized carbons (Fsp3) is 0.462. The molecule has 5 heteroatoms. The van der Waals surface area contributed by atoms with Crippen LogP contribution in [0.25, 0.3) is 0 Å². The van der Waals surface area contributed by atoms with Crippen molar-refractivity contribution in [1.82, 2.24) is 4.98 Å². The van der Waals surface area contributed by atoms with E-state index in [1.165, 1.54) is 0 Å². The highest BCUT2D eigenvalue weighted by Gasteiger charge is 2.17. The van der Waals surface area contributed by atoms with E-state index in [-0.39, 0.29) is 17.9 Å². The number of ether oxygens (including phenoxy) is 1. The van der Waals surface area contributed by atoms with E-state index in [2.05, 4.69) is 20.9 Å². The highest BCUT2D eigenvalue weighted by molar-refractivity contribution is 9.10. The van der Waals surface area contributed by atoms with E-state index in [1.54, 1.807) is 0 Å². The van der Waals surface area contributed by atoms with Crippen molar-refractivity contribution in [1.29, 1.82) is 0 Å². The average molecular weight is 314 g/mol. The Bertz CT molecular complexity index is 472. The molecule has 0 spiro atoms. The lowest BCUT2D eigenvalue weighted by atomic mass is 10.1. The number of carbonyl (C=O) groups is 2. The summed E-state index contributed by atoms with van der Waals surface area (Å²) in [6.07, 6.45) is 0.472. The molecule has 0 saturated carbocycles. The van der Waals surface area contributed by atoms with Gasteiger partial charge in [-0.2, -0.15) is 0 Å². The van der Waals surface area contributed by atoms with Crippen molar-refractivity contribution in [2.45, 2.75) is 33.6 Å². The molecule has 0 bridgehead atoms. The number of aromatic nitrogens is 1. The fourth-order valence-electron chi connectivity index (χ4n) is 1.35. The lowest BCUT2D eigenvalue weighted by molar-refractivity contribution is -0.142. The Balaban J connectivity index is 2.78. The highest BCUT2D eigenvalue weighted by atomic mass is 79.9. The summed E-state index contributed by atoms with van der Waals surface area (Å²) in [5, 5.41) is 0. The Morgan fingerprint density at radius 3 is 2.67 bits per heavy atom. The number of halogens is 1. The Morgan fingerprint density at radius 1 is 1.39 bits per heavy atom. The van der Waals surface area contributed by atoms with Gasteiger partial charge in [-0.25, -0.2) is 4.98 Å². The summed E-state index contributed by atoms with van der Waals surface area (Å²) in [5.74, 6) is -0.833. The molecule has 0 radical (unpaired) electrons. The normalized spacial score (nSPS) is 10.2. The van der Waals surface area contributed by atoms with Gasteiger partial charge in [-0.3, -0.25) is 9.59 Å². The van der Waals surface area contributed by atoms with Crippen molar-refractivity contribution in [3.8, 4) is 0 Å². The van der Waals surface area contributed by atoms with Crippen molar-refractivity contribution >= 4 is 27.7 Å². The van der Waals surface area contributed by atoms with Crippen molar-refractivity contribution < 1.29 is 14.3 Å². The molecular formula is C13H16BrNO3. The van der Waals surface area contributed by atoms with Crippen molar-refractivity contribution in [3.05, 3.63) is 27.5 Å². The second-order valence-electron chi connectivity index (χ2n) is 4.04. The van der Waals surface area contributed by atoms with Crippen LogP contribution in [0.1, 0.15) is 41.5 Å². The van der Waals surface area contributed by atoms with Gasteiger partial charge in [-0.1, -0.05) is 6.92 Å². The number of nitrogens with zero attached hydrogens (tertiary/aromatic N) is 1. The number of ketones is 1. The third-order valence-corrected chi connectivity index (χ3v) is 3.06. The zero-order chi connectivity index (χ0) is 13.7. The van der Waals surface area contributed by atoms with Crippen LogP contribution in [0.5, 0.6) is 0 Å². The maximum absolute atomic E-state index is 11.9. The lowest BCUT2D eigenvalue weighted by Crippen LogP contribution is -2.14. The van der Waals surface area contributed by atoms with Gasteiger partial charge >= 0.3 is 5.97 Å². The van der Waals surface area contributed by atoms with Crippen LogP contribution < -0.4 is 0 Å². The molecule has 1 rings (SSSR count). The van der Waals surface area contributed by atoms with E-state index >= 15 is 0 Å². The summed E-state index contributed by atoms with van der Waals surface area (Å²) < 4.78 is 5.48. The molecule has 18 heavy (non-hydrogen) atoms. The molecule has 0 fully saturated rings.